The Kier molecular flexibility index (Phi) is 8.83. The quantitative estimate of drug-likeness (QED) is 0.330. The van der Waals surface area contributed by atoms with Gasteiger partial charge in [-0.1, -0.05) is 34.6 Å². The molecule has 7 nitrogen and oxygen atoms in total. The molecule has 27 heavy (non-hydrogen) atoms. The zero-order valence-electron chi connectivity index (χ0n) is 16.7. The van der Waals surface area contributed by atoms with Gasteiger partial charge in [-0.3, -0.25) is 9.35 Å². The summed E-state index contributed by atoms with van der Waals surface area (Å²) in [6, 6.07) is 0. The van der Waals surface area contributed by atoms with E-state index in [1.165, 1.54) is 0 Å². The lowest BCUT2D eigenvalue weighted by atomic mass is 9.69. The van der Waals surface area contributed by atoms with Gasteiger partial charge in [0.25, 0.3) is 0 Å². The Balaban J connectivity index is 4.42. The summed E-state index contributed by atoms with van der Waals surface area (Å²) in [4.78, 5) is 23.5. The van der Waals surface area contributed by atoms with Crippen molar-refractivity contribution in [3.05, 3.63) is 0 Å². The zero-order valence-corrected chi connectivity index (χ0v) is 17.5. The standard InChI is InChI=1S/C17H30F2O7S/c1-12(2)16(6,11-15(3,4)5)13(20)25-9-7-8-10-26-14(21)17(18,19)27(22,23)24/h12H,7-11H2,1-6H3,(H,22,23,24). The Labute approximate surface area is 159 Å². The molecular formula is C17H30F2O7S. The van der Waals surface area contributed by atoms with Crippen LogP contribution in [0.15, 0.2) is 0 Å². The van der Waals surface area contributed by atoms with Gasteiger partial charge in [0.2, 0.25) is 0 Å². The highest BCUT2D eigenvalue weighted by Gasteiger charge is 2.54. The molecule has 160 valence electrons. The van der Waals surface area contributed by atoms with Crippen LogP contribution in [0, 0.1) is 16.7 Å². The lowest BCUT2D eigenvalue weighted by molar-refractivity contribution is -0.163. The SMILES string of the molecule is CC(C)C(C)(CC(C)(C)C)C(=O)OCCCCOC(=O)C(F)(F)S(=O)(=O)O. The molecule has 0 fully saturated rings. The van der Waals surface area contributed by atoms with Gasteiger partial charge in [-0.25, -0.2) is 4.79 Å². The van der Waals surface area contributed by atoms with E-state index in [9.17, 15) is 26.8 Å². The van der Waals surface area contributed by atoms with Crippen LogP contribution in [-0.2, 0) is 29.2 Å². The second kappa shape index (κ2) is 9.27. The van der Waals surface area contributed by atoms with Crippen molar-refractivity contribution in [1.82, 2.24) is 0 Å². The van der Waals surface area contributed by atoms with E-state index in [2.05, 4.69) is 4.74 Å². The number of hydrogen-bond acceptors (Lipinski definition) is 6. The van der Waals surface area contributed by atoms with Gasteiger partial charge < -0.3 is 9.47 Å². The molecule has 0 aromatic carbocycles. The van der Waals surface area contributed by atoms with Crippen molar-refractivity contribution in [1.29, 1.82) is 0 Å². The minimum atomic E-state index is -5.88. The maximum Gasteiger partial charge on any atom is 0.465 e. The predicted octanol–water partition coefficient (Wildman–Crippen LogP) is 3.43. The second-order valence-electron chi connectivity index (χ2n) is 8.28. The Morgan fingerprint density at radius 2 is 1.37 bits per heavy atom. The van der Waals surface area contributed by atoms with E-state index < -0.39 is 33.4 Å². The number of ether oxygens (including phenoxy) is 2. The van der Waals surface area contributed by atoms with Crippen LogP contribution in [0.1, 0.15) is 60.8 Å². The predicted molar refractivity (Wildman–Crippen MR) is 94.7 cm³/mol. The largest absolute Gasteiger partial charge is 0.465 e. The molecule has 0 spiro atoms. The molecule has 0 amide bonds. The van der Waals surface area contributed by atoms with Crippen molar-refractivity contribution in [3.63, 3.8) is 0 Å². The Bertz CT molecular complexity index is 624. The van der Waals surface area contributed by atoms with Crippen LogP contribution < -0.4 is 0 Å². The van der Waals surface area contributed by atoms with E-state index in [1.54, 1.807) is 0 Å². The number of alkyl halides is 2. The van der Waals surface area contributed by atoms with E-state index in [-0.39, 0.29) is 36.8 Å². The van der Waals surface area contributed by atoms with Gasteiger partial charge in [-0.05, 0) is 37.5 Å². The molecule has 0 bridgehead atoms. The smallest absolute Gasteiger partial charge is 0.465 e. The molecule has 10 heteroatoms. The van der Waals surface area contributed by atoms with Crippen LogP contribution in [0.25, 0.3) is 0 Å². The molecule has 1 N–H and O–H groups in total. The Morgan fingerprint density at radius 3 is 1.70 bits per heavy atom. The number of halogens is 2. The number of rotatable bonds is 10. The summed E-state index contributed by atoms with van der Waals surface area (Å²) in [5.74, 6) is -2.66. The summed E-state index contributed by atoms with van der Waals surface area (Å²) < 4.78 is 64.4. The summed E-state index contributed by atoms with van der Waals surface area (Å²) in [6.45, 7) is 11.3. The van der Waals surface area contributed by atoms with Crippen molar-refractivity contribution < 1.29 is 40.8 Å². The van der Waals surface area contributed by atoms with Crippen molar-refractivity contribution in [2.45, 2.75) is 66.1 Å². The molecule has 0 saturated heterocycles. The molecule has 0 saturated carbocycles. The number of esters is 2. The van der Waals surface area contributed by atoms with Crippen LogP contribution in [-0.4, -0.2) is 43.4 Å². The highest BCUT2D eigenvalue weighted by atomic mass is 32.2. The van der Waals surface area contributed by atoms with Crippen LogP contribution in [0.4, 0.5) is 8.78 Å². The summed E-state index contributed by atoms with van der Waals surface area (Å²) in [5.41, 5.74) is -0.757. The topological polar surface area (TPSA) is 107 Å². The van der Waals surface area contributed by atoms with Gasteiger partial charge in [-0.2, -0.15) is 17.2 Å². The van der Waals surface area contributed by atoms with Gasteiger partial charge in [0.1, 0.15) is 0 Å². The van der Waals surface area contributed by atoms with Crippen molar-refractivity contribution in [3.8, 4) is 0 Å². The number of unbranched alkanes of at least 4 members (excludes halogenated alkanes) is 1. The first kappa shape index (κ1) is 25.7. The first-order valence-corrected chi connectivity index (χ1v) is 10.1. The van der Waals surface area contributed by atoms with Gasteiger partial charge in [-0.15, -0.1) is 0 Å². The van der Waals surface area contributed by atoms with Crippen LogP contribution >= 0.6 is 0 Å². The molecule has 0 aliphatic rings. The minimum absolute atomic E-state index is 0.0114. The molecule has 0 heterocycles. The molecule has 0 aromatic heterocycles. The lowest BCUT2D eigenvalue weighted by Crippen LogP contribution is -2.39. The van der Waals surface area contributed by atoms with Crippen LogP contribution in [0.3, 0.4) is 0 Å². The van der Waals surface area contributed by atoms with Gasteiger partial charge in [0.15, 0.2) is 0 Å². The third kappa shape index (κ3) is 7.69. The molecule has 1 unspecified atom stereocenters. The van der Waals surface area contributed by atoms with Gasteiger partial charge >= 0.3 is 27.3 Å². The fraction of sp³-hybridized carbons (Fsp3) is 0.882. The zero-order chi connectivity index (χ0) is 21.7. The molecule has 0 aliphatic carbocycles. The van der Waals surface area contributed by atoms with Gasteiger partial charge in [0.05, 0.1) is 18.6 Å². The average Bonchev–Trinajstić information content (AvgIpc) is 2.46. The van der Waals surface area contributed by atoms with Crippen molar-refractivity contribution in [2.75, 3.05) is 13.2 Å². The van der Waals surface area contributed by atoms with E-state index in [0.29, 0.717) is 6.42 Å². The highest BCUT2D eigenvalue weighted by molar-refractivity contribution is 7.87. The molecule has 1 atom stereocenters. The molecule has 0 rings (SSSR count). The normalized spacial score (nSPS) is 15.3. The highest BCUT2D eigenvalue weighted by Crippen LogP contribution is 2.40. The average molecular weight is 416 g/mol. The molecule has 0 aliphatic heterocycles. The first-order valence-electron chi connectivity index (χ1n) is 8.64. The molecule has 0 aromatic rings. The fourth-order valence-electron chi connectivity index (χ4n) is 2.50. The second-order valence-corrected chi connectivity index (χ2v) is 9.74. The number of carbonyl (C=O) groups is 2. The number of hydrogen-bond donors (Lipinski definition) is 1. The first-order chi connectivity index (χ1) is 11.9. The van der Waals surface area contributed by atoms with E-state index >= 15 is 0 Å². The molecule has 0 radical (unpaired) electrons. The van der Waals surface area contributed by atoms with E-state index in [0.717, 1.165) is 0 Å². The van der Waals surface area contributed by atoms with Crippen molar-refractivity contribution in [2.24, 2.45) is 16.7 Å². The summed E-state index contributed by atoms with van der Waals surface area (Å²) >= 11 is 0. The Hall–Kier alpha value is -1.29. The lowest BCUT2D eigenvalue weighted by Gasteiger charge is -2.36. The monoisotopic (exact) mass is 416 g/mol. The van der Waals surface area contributed by atoms with Crippen molar-refractivity contribution >= 4 is 22.1 Å². The van der Waals surface area contributed by atoms with Crippen LogP contribution in [0.5, 0.6) is 0 Å². The van der Waals surface area contributed by atoms with E-state index in [4.69, 9.17) is 9.29 Å². The minimum Gasteiger partial charge on any atom is -0.465 e. The number of carbonyl (C=O) groups excluding carboxylic acids is 2. The van der Waals surface area contributed by atoms with E-state index in [1.807, 2.05) is 41.5 Å². The fourth-order valence-corrected chi connectivity index (χ4v) is 2.77. The maximum atomic E-state index is 13.0. The summed E-state index contributed by atoms with van der Waals surface area (Å²) in [7, 11) is -5.88. The maximum absolute atomic E-state index is 13.0. The third-order valence-electron chi connectivity index (χ3n) is 4.20. The van der Waals surface area contributed by atoms with Gasteiger partial charge in [0, 0.05) is 0 Å². The third-order valence-corrected chi connectivity index (χ3v) is 5.02. The summed E-state index contributed by atoms with van der Waals surface area (Å²) in [6.07, 6.45) is 0.942. The Morgan fingerprint density at radius 1 is 0.963 bits per heavy atom. The van der Waals surface area contributed by atoms with Crippen LogP contribution in [0.2, 0.25) is 0 Å². The summed E-state index contributed by atoms with van der Waals surface area (Å²) in [5, 5.41) is -5.01. The molecular weight excluding hydrogens is 386 g/mol.